The van der Waals surface area contributed by atoms with Crippen molar-refractivity contribution in [2.24, 2.45) is 0 Å². The maximum absolute atomic E-state index is 3.84. The molecular formula is C12H10BrNS. The zero-order valence-corrected chi connectivity index (χ0v) is 10.5. The van der Waals surface area contributed by atoms with Gasteiger partial charge in [0, 0.05) is 27.5 Å². The van der Waals surface area contributed by atoms with Crippen molar-refractivity contribution in [3.05, 3.63) is 58.8 Å². The summed E-state index contributed by atoms with van der Waals surface area (Å²) in [4.78, 5) is 5.30. The number of aromatic nitrogens is 1. The molecule has 0 saturated carbocycles. The van der Waals surface area contributed by atoms with Crippen molar-refractivity contribution < 1.29 is 0 Å². The van der Waals surface area contributed by atoms with Crippen LogP contribution in [0.3, 0.4) is 0 Å². The number of pyridine rings is 1. The lowest BCUT2D eigenvalue weighted by Gasteiger charge is -2.15. The molecule has 1 nitrogen and oxygen atoms in total. The van der Waals surface area contributed by atoms with Crippen LogP contribution in [0.5, 0.6) is 0 Å². The molecule has 1 aliphatic heterocycles. The monoisotopic (exact) mass is 279 g/mol. The van der Waals surface area contributed by atoms with E-state index in [4.69, 9.17) is 0 Å². The molecule has 1 aromatic carbocycles. The zero-order chi connectivity index (χ0) is 10.5. The summed E-state index contributed by atoms with van der Waals surface area (Å²) in [5.74, 6) is 1.22. The maximum atomic E-state index is 3.84. The predicted octanol–water partition coefficient (Wildman–Crippen LogP) is 4.14. The van der Waals surface area contributed by atoms with Gasteiger partial charge in [-0.2, -0.15) is 0 Å². The Kier molecular flexibility index (Phi) is 3.80. The molecule has 0 N–H and O–H groups in total. The van der Waals surface area contributed by atoms with Gasteiger partial charge in [0.2, 0.25) is 0 Å². The Morgan fingerprint density at radius 2 is 2.00 bits per heavy atom. The topological polar surface area (TPSA) is 12.9 Å². The Morgan fingerprint density at radius 3 is 2.33 bits per heavy atom. The van der Waals surface area contributed by atoms with Gasteiger partial charge in [-0.15, -0.1) is 11.8 Å². The van der Waals surface area contributed by atoms with Gasteiger partial charge in [-0.05, 0) is 39.7 Å². The first kappa shape index (κ1) is 10.7. The fourth-order valence-corrected chi connectivity index (χ4v) is 2.27. The highest BCUT2D eigenvalue weighted by atomic mass is 79.9. The van der Waals surface area contributed by atoms with E-state index in [1.807, 2.05) is 23.9 Å². The van der Waals surface area contributed by atoms with E-state index in [0.29, 0.717) is 0 Å². The van der Waals surface area contributed by atoms with E-state index < -0.39 is 0 Å². The zero-order valence-electron chi connectivity index (χ0n) is 8.06. The molecule has 3 heteroatoms. The van der Waals surface area contributed by atoms with Gasteiger partial charge in [0.15, 0.2) is 0 Å². The van der Waals surface area contributed by atoms with Crippen LogP contribution in [-0.4, -0.2) is 4.98 Å². The summed E-state index contributed by atoms with van der Waals surface area (Å²) < 4.78 is 1.02. The summed E-state index contributed by atoms with van der Waals surface area (Å²) in [6.07, 6.45) is 3.49. The first-order valence-corrected chi connectivity index (χ1v) is 6.40. The lowest BCUT2D eigenvalue weighted by molar-refractivity contribution is 1.20. The molecule has 2 aromatic rings. The Balaban J connectivity index is 0.000000115. The van der Waals surface area contributed by atoms with E-state index in [-0.39, 0.29) is 0 Å². The molecule has 0 bridgehead atoms. The normalized spacial score (nSPS) is 11.8. The van der Waals surface area contributed by atoms with Crippen LogP contribution in [-0.2, 0) is 5.75 Å². The lowest BCUT2D eigenvalue weighted by atomic mass is 10.2. The van der Waals surface area contributed by atoms with Gasteiger partial charge < -0.3 is 0 Å². The summed E-state index contributed by atoms with van der Waals surface area (Å²) in [6, 6.07) is 12.4. The van der Waals surface area contributed by atoms with Crippen LogP contribution in [0.25, 0.3) is 0 Å². The third kappa shape index (κ3) is 3.08. The Bertz CT molecular complexity index is 408. The molecule has 3 rings (SSSR count). The highest BCUT2D eigenvalue weighted by Gasteiger charge is 2.10. The smallest absolute Gasteiger partial charge is 0.0410 e. The highest BCUT2D eigenvalue weighted by Crippen LogP contribution is 2.36. The van der Waals surface area contributed by atoms with Gasteiger partial charge in [-0.1, -0.05) is 18.2 Å². The molecule has 0 aliphatic carbocycles. The van der Waals surface area contributed by atoms with E-state index in [0.717, 1.165) is 4.47 Å². The van der Waals surface area contributed by atoms with E-state index in [9.17, 15) is 0 Å². The molecule has 15 heavy (non-hydrogen) atoms. The SMILES string of the molecule is Brc1cccnc1.c1ccc2c(c1)CS2. The second-order valence-electron chi connectivity index (χ2n) is 3.07. The summed E-state index contributed by atoms with van der Waals surface area (Å²) in [5, 5.41) is 0. The Hall–Kier alpha value is -0.800. The van der Waals surface area contributed by atoms with Crippen LogP contribution in [0.15, 0.2) is 58.2 Å². The number of fused-ring (bicyclic) bond motifs is 1. The maximum Gasteiger partial charge on any atom is 0.0410 e. The van der Waals surface area contributed by atoms with Gasteiger partial charge in [0.25, 0.3) is 0 Å². The van der Waals surface area contributed by atoms with E-state index >= 15 is 0 Å². The highest BCUT2D eigenvalue weighted by molar-refractivity contribution is 9.10. The number of nitrogens with zero attached hydrogens (tertiary/aromatic N) is 1. The largest absolute Gasteiger partial charge is 0.264 e. The molecular weight excluding hydrogens is 270 g/mol. The number of hydrogen-bond acceptors (Lipinski definition) is 2. The average Bonchev–Trinajstić information content (AvgIpc) is 2.22. The molecule has 0 radical (unpaired) electrons. The van der Waals surface area contributed by atoms with Crippen molar-refractivity contribution in [2.75, 3.05) is 0 Å². The average molecular weight is 280 g/mol. The van der Waals surface area contributed by atoms with Crippen LogP contribution in [0.2, 0.25) is 0 Å². The molecule has 0 amide bonds. The van der Waals surface area contributed by atoms with E-state index in [1.54, 1.807) is 12.4 Å². The Morgan fingerprint density at radius 1 is 1.13 bits per heavy atom. The molecule has 1 aliphatic rings. The molecule has 0 unspecified atom stereocenters. The Labute approximate surface area is 102 Å². The van der Waals surface area contributed by atoms with Crippen molar-refractivity contribution in [3.63, 3.8) is 0 Å². The number of halogens is 1. The molecule has 0 saturated heterocycles. The minimum Gasteiger partial charge on any atom is -0.264 e. The summed E-state index contributed by atoms with van der Waals surface area (Å²) in [7, 11) is 0. The fraction of sp³-hybridized carbons (Fsp3) is 0.0833. The van der Waals surface area contributed by atoms with Gasteiger partial charge in [0.05, 0.1) is 0 Å². The number of rotatable bonds is 0. The minimum absolute atomic E-state index is 1.02. The van der Waals surface area contributed by atoms with Crippen LogP contribution >= 0.6 is 27.7 Å². The second-order valence-corrected chi connectivity index (χ2v) is 5.00. The van der Waals surface area contributed by atoms with E-state index in [1.165, 1.54) is 16.2 Å². The summed E-state index contributed by atoms with van der Waals surface area (Å²) >= 11 is 5.18. The van der Waals surface area contributed by atoms with Crippen molar-refractivity contribution in [1.29, 1.82) is 0 Å². The van der Waals surface area contributed by atoms with Crippen LogP contribution in [0.1, 0.15) is 5.56 Å². The number of thioether (sulfide) groups is 1. The van der Waals surface area contributed by atoms with Crippen LogP contribution < -0.4 is 0 Å². The summed E-state index contributed by atoms with van der Waals surface area (Å²) in [5.41, 5.74) is 1.51. The third-order valence-electron chi connectivity index (χ3n) is 1.98. The van der Waals surface area contributed by atoms with Crippen molar-refractivity contribution >= 4 is 27.7 Å². The fourth-order valence-electron chi connectivity index (χ4n) is 1.18. The van der Waals surface area contributed by atoms with Crippen molar-refractivity contribution in [3.8, 4) is 0 Å². The summed E-state index contributed by atoms with van der Waals surface area (Å²) in [6.45, 7) is 0. The van der Waals surface area contributed by atoms with Gasteiger partial charge in [-0.3, -0.25) is 4.98 Å². The lowest BCUT2D eigenvalue weighted by Crippen LogP contribution is -1.93. The molecule has 1 aromatic heterocycles. The third-order valence-corrected chi connectivity index (χ3v) is 3.61. The van der Waals surface area contributed by atoms with Gasteiger partial charge in [-0.25, -0.2) is 0 Å². The molecule has 0 atom stereocenters. The number of benzene rings is 1. The van der Waals surface area contributed by atoms with Crippen molar-refractivity contribution in [2.45, 2.75) is 10.6 Å². The van der Waals surface area contributed by atoms with Crippen LogP contribution in [0, 0.1) is 0 Å². The standard InChI is InChI=1S/C7H6S.C5H4BrN/c1-2-4-7-6(3-1)5-8-7;6-5-2-1-3-7-4-5/h1-4H,5H2;1-4H. The molecule has 0 fully saturated rings. The van der Waals surface area contributed by atoms with E-state index in [2.05, 4.69) is 45.2 Å². The quantitative estimate of drug-likeness (QED) is 0.719. The molecule has 76 valence electrons. The second kappa shape index (κ2) is 5.33. The predicted molar refractivity (Wildman–Crippen MR) is 67.9 cm³/mol. The number of hydrogen-bond donors (Lipinski definition) is 0. The van der Waals surface area contributed by atoms with Crippen LogP contribution in [0.4, 0.5) is 0 Å². The minimum atomic E-state index is 1.02. The van der Waals surface area contributed by atoms with Gasteiger partial charge in [0.1, 0.15) is 0 Å². The first-order valence-electron chi connectivity index (χ1n) is 4.62. The van der Waals surface area contributed by atoms with Gasteiger partial charge >= 0.3 is 0 Å². The molecule has 0 spiro atoms. The first-order chi connectivity index (χ1) is 7.36. The van der Waals surface area contributed by atoms with Crippen molar-refractivity contribution in [1.82, 2.24) is 4.98 Å². The molecule has 2 heterocycles.